The zero-order valence-electron chi connectivity index (χ0n) is 12.1. The number of hydrogen-bond acceptors (Lipinski definition) is 7. The number of piperazine rings is 1. The number of nitro groups is 1. The highest BCUT2D eigenvalue weighted by atomic mass is 16.6. The van der Waals surface area contributed by atoms with Crippen LogP contribution in [0.25, 0.3) is 0 Å². The summed E-state index contributed by atoms with van der Waals surface area (Å²) >= 11 is 0. The molecule has 2 rings (SSSR count). The van der Waals surface area contributed by atoms with Gasteiger partial charge in [-0.15, -0.1) is 0 Å². The second-order valence-electron chi connectivity index (χ2n) is 4.71. The molecule has 0 spiro atoms. The highest BCUT2D eigenvalue weighted by Crippen LogP contribution is 2.27. The molecule has 1 aliphatic rings. The summed E-state index contributed by atoms with van der Waals surface area (Å²) in [5.74, 6) is -0.364. The number of carbonyl (C=O) groups is 1. The second-order valence-corrected chi connectivity index (χ2v) is 4.71. The standard InChI is InChI=1S/C13H18N4O4/c1-3-15-6-8-16(9-7-15)12-11(17(19)20)5-4-10(14-12)13(18)21-2/h4-5H,3,6-9H2,1-2H3. The van der Waals surface area contributed by atoms with Gasteiger partial charge >= 0.3 is 11.7 Å². The molecule has 0 bridgehead atoms. The SMILES string of the molecule is CCN1CCN(c2nc(C(=O)OC)ccc2[N+](=O)[O-])CC1. The van der Waals surface area contributed by atoms with Gasteiger partial charge in [-0.1, -0.05) is 6.92 Å². The Kier molecular flexibility index (Phi) is 4.69. The molecular weight excluding hydrogens is 276 g/mol. The fourth-order valence-electron chi connectivity index (χ4n) is 2.31. The Morgan fingerprint density at radius 3 is 2.57 bits per heavy atom. The molecule has 21 heavy (non-hydrogen) atoms. The normalized spacial score (nSPS) is 15.8. The van der Waals surface area contributed by atoms with Gasteiger partial charge in [-0.2, -0.15) is 0 Å². The van der Waals surface area contributed by atoms with Crippen molar-refractivity contribution >= 4 is 17.5 Å². The molecule has 2 heterocycles. The zero-order chi connectivity index (χ0) is 15.4. The average molecular weight is 294 g/mol. The van der Waals surface area contributed by atoms with Crippen LogP contribution in [-0.2, 0) is 4.74 Å². The molecule has 0 amide bonds. The lowest BCUT2D eigenvalue weighted by atomic mass is 10.2. The number of hydrogen-bond donors (Lipinski definition) is 0. The molecule has 0 saturated carbocycles. The maximum Gasteiger partial charge on any atom is 0.356 e. The van der Waals surface area contributed by atoms with E-state index in [0.29, 0.717) is 13.1 Å². The predicted molar refractivity (Wildman–Crippen MR) is 76.6 cm³/mol. The van der Waals surface area contributed by atoms with E-state index in [9.17, 15) is 14.9 Å². The van der Waals surface area contributed by atoms with Crippen LogP contribution in [-0.4, -0.2) is 60.6 Å². The van der Waals surface area contributed by atoms with Crippen LogP contribution in [0.5, 0.6) is 0 Å². The molecule has 0 aliphatic carbocycles. The Bertz CT molecular complexity index is 541. The molecule has 0 unspecified atom stereocenters. The van der Waals surface area contributed by atoms with Crippen molar-refractivity contribution in [1.82, 2.24) is 9.88 Å². The lowest BCUT2D eigenvalue weighted by Gasteiger charge is -2.34. The summed E-state index contributed by atoms with van der Waals surface area (Å²) in [5, 5.41) is 11.1. The highest BCUT2D eigenvalue weighted by molar-refractivity contribution is 5.88. The lowest BCUT2D eigenvalue weighted by molar-refractivity contribution is -0.384. The molecular formula is C13H18N4O4. The number of anilines is 1. The molecule has 1 saturated heterocycles. The van der Waals surface area contributed by atoms with Crippen LogP contribution in [0, 0.1) is 10.1 Å². The molecule has 8 nitrogen and oxygen atoms in total. The largest absolute Gasteiger partial charge is 0.464 e. The number of pyridine rings is 1. The van der Waals surface area contributed by atoms with Gasteiger partial charge in [-0.05, 0) is 12.6 Å². The smallest absolute Gasteiger partial charge is 0.356 e. The minimum Gasteiger partial charge on any atom is -0.464 e. The molecule has 1 aromatic heterocycles. The third-order valence-corrected chi connectivity index (χ3v) is 3.56. The molecule has 0 N–H and O–H groups in total. The van der Waals surface area contributed by atoms with Crippen molar-refractivity contribution in [2.24, 2.45) is 0 Å². The monoisotopic (exact) mass is 294 g/mol. The summed E-state index contributed by atoms with van der Waals surface area (Å²) in [7, 11) is 1.26. The van der Waals surface area contributed by atoms with Crippen LogP contribution >= 0.6 is 0 Å². The third-order valence-electron chi connectivity index (χ3n) is 3.56. The average Bonchev–Trinajstić information content (AvgIpc) is 2.53. The predicted octanol–water partition coefficient (Wildman–Crippen LogP) is 0.918. The number of likely N-dealkylation sites (N-methyl/N-ethyl adjacent to an activating group) is 1. The van der Waals surface area contributed by atoms with E-state index in [1.165, 1.54) is 19.2 Å². The summed E-state index contributed by atoms with van der Waals surface area (Å²) in [6.07, 6.45) is 0. The van der Waals surface area contributed by atoms with Gasteiger partial charge in [0.15, 0.2) is 5.69 Å². The van der Waals surface area contributed by atoms with E-state index in [4.69, 9.17) is 0 Å². The lowest BCUT2D eigenvalue weighted by Crippen LogP contribution is -2.46. The summed E-state index contributed by atoms with van der Waals surface area (Å²) in [6.45, 7) is 5.95. The van der Waals surface area contributed by atoms with Crippen LogP contribution in [0.4, 0.5) is 11.5 Å². The van der Waals surface area contributed by atoms with E-state index in [1.807, 2.05) is 4.90 Å². The van der Waals surface area contributed by atoms with Gasteiger partial charge in [0.1, 0.15) is 0 Å². The first kappa shape index (κ1) is 15.2. The summed E-state index contributed by atoms with van der Waals surface area (Å²) in [4.78, 5) is 30.4. The topological polar surface area (TPSA) is 88.8 Å². The Morgan fingerprint density at radius 2 is 2.05 bits per heavy atom. The van der Waals surface area contributed by atoms with Gasteiger partial charge in [-0.3, -0.25) is 10.1 Å². The van der Waals surface area contributed by atoms with E-state index in [-0.39, 0.29) is 17.2 Å². The number of carbonyl (C=O) groups excluding carboxylic acids is 1. The fourth-order valence-corrected chi connectivity index (χ4v) is 2.31. The van der Waals surface area contributed by atoms with Crippen molar-refractivity contribution in [2.45, 2.75) is 6.92 Å². The van der Waals surface area contributed by atoms with Crippen LogP contribution in [0.3, 0.4) is 0 Å². The molecule has 0 radical (unpaired) electrons. The summed E-state index contributed by atoms with van der Waals surface area (Å²) < 4.78 is 4.62. The Morgan fingerprint density at radius 1 is 1.38 bits per heavy atom. The van der Waals surface area contributed by atoms with Gasteiger partial charge in [0.05, 0.1) is 12.0 Å². The third kappa shape index (κ3) is 3.27. The Labute approximate surface area is 122 Å². The van der Waals surface area contributed by atoms with E-state index in [1.54, 1.807) is 0 Å². The summed E-state index contributed by atoms with van der Waals surface area (Å²) in [5.41, 5.74) is -0.0105. The zero-order valence-corrected chi connectivity index (χ0v) is 12.1. The molecule has 8 heteroatoms. The maximum absolute atomic E-state index is 11.5. The number of aromatic nitrogens is 1. The fraction of sp³-hybridized carbons (Fsp3) is 0.538. The van der Waals surface area contributed by atoms with Crippen molar-refractivity contribution in [3.63, 3.8) is 0 Å². The van der Waals surface area contributed by atoms with Gasteiger partial charge in [0.25, 0.3) is 0 Å². The number of ether oxygens (including phenoxy) is 1. The second kappa shape index (κ2) is 6.49. The van der Waals surface area contributed by atoms with Crippen molar-refractivity contribution in [1.29, 1.82) is 0 Å². The number of methoxy groups -OCH3 is 1. The first-order valence-corrected chi connectivity index (χ1v) is 6.78. The minimum absolute atomic E-state index is 0.0796. The van der Waals surface area contributed by atoms with Crippen LogP contribution in [0.2, 0.25) is 0 Å². The minimum atomic E-state index is -0.599. The van der Waals surface area contributed by atoms with Crippen molar-refractivity contribution in [3.05, 3.63) is 27.9 Å². The van der Waals surface area contributed by atoms with E-state index in [2.05, 4.69) is 21.5 Å². The van der Waals surface area contributed by atoms with E-state index >= 15 is 0 Å². The molecule has 1 fully saturated rings. The molecule has 0 atom stereocenters. The van der Waals surface area contributed by atoms with Crippen molar-refractivity contribution in [2.75, 3.05) is 44.7 Å². The number of nitrogens with zero attached hydrogens (tertiary/aromatic N) is 4. The number of rotatable bonds is 4. The van der Waals surface area contributed by atoms with Crippen molar-refractivity contribution in [3.8, 4) is 0 Å². The molecule has 0 aromatic carbocycles. The van der Waals surface area contributed by atoms with Crippen LogP contribution in [0.1, 0.15) is 17.4 Å². The van der Waals surface area contributed by atoms with Gasteiger partial charge in [-0.25, -0.2) is 9.78 Å². The highest BCUT2D eigenvalue weighted by Gasteiger charge is 2.26. The quantitative estimate of drug-likeness (QED) is 0.463. The first-order valence-electron chi connectivity index (χ1n) is 6.78. The van der Waals surface area contributed by atoms with Gasteiger partial charge < -0.3 is 14.5 Å². The first-order chi connectivity index (χ1) is 10.1. The Hall–Kier alpha value is -2.22. The van der Waals surface area contributed by atoms with Crippen LogP contribution < -0.4 is 4.90 Å². The number of esters is 1. The molecule has 114 valence electrons. The molecule has 1 aliphatic heterocycles. The van der Waals surface area contributed by atoms with E-state index in [0.717, 1.165) is 19.6 Å². The van der Waals surface area contributed by atoms with E-state index < -0.39 is 10.9 Å². The van der Waals surface area contributed by atoms with Gasteiger partial charge in [0.2, 0.25) is 5.82 Å². The van der Waals surface area contributed by atoms with Crippen molar-refractivity contribution < 1.29 is 14.5 Å². The Balaban J connectivity index is 2.31. The molecule has 1 aromatic rings. The summed E-state index contributed by atoms with van der Waals surface area (Å²) in [6, 6.07) is 2.62. The van der Waals surface area contributed by atoms with Crippen LogP contribution in [0.15, 0.2) is 12.1 Å². The maximum atomic E-state index is 11.5. The van der Waals surface area contributed by atoms with Gasteiger partial charge in [0, 0.05) is 32.2 Å².